The number of nitrogens with zero attached hydrogens (tertiary/aromatic N) is 3. The largest absolute Gasteiger partial charge is 0.250 e. The number of hydrogen-bond acceptors (Lipinski definition) is 4. The number of aromatic amines is 1. The van der Waals surface area contributed by atoms with Crippen molar-refractivity contribution in [1.29, 1.82) is 0 Å². The summed E-state index contributed by atoms with van der Waals surface area (Å²) in [5, 5.41) is 13.0. The number of aromatic nitrogens is 3. The summed E-state index contributed by atoms with van der Waals surface area (Å²) in [5.41, 5.74) is 0.365. The first kappa shape index (κ1) is 14.3. The maximum absolute atomic E-state index is 13.7. The Balaban J connectivity index is 2.02. The van der Waals surface area contributed by atoms with Gasteiger partial charge >= 0.3 is 0 Å². The van der Waals surface area contributed by atoms with Gasteiger partial charge in [0.2, 0.25) is 4.77 Å². The summed E-state index contributed by atoms with van der Waals surface area (Å²) in [4.78, 5) is 0.925. The lowest BCUT2D eigenvalue weighted by molar-refractivity contribution is 0.625. The summed E-state index contributed by atoms with van der Waals surface area (Å²) < 4.78 is 16.3. The molecular formula is C13H8BrFN4S2. The molecular weight excluding hydrogens is 375 g/mol. The van der Waals surface area contributed by atoms with E-state index in [0.717, 1.165) is 9.35 Å². The maximum atomic E-state index is 13.7. The highest BCUT2D eigenvalue weighted by Crippen LogP contribution is 2.22. The summed E-state index contributed by atoms with van der Waals surface area (Å²) in [5.74, 6) is 0.247. The monoisotopic (exact) mass is 382 g/mol. The van der Waals surface area contributed by atoms with Gasteiger partial charge in [0.05, 0.1) is 11.1 Å². The second kappa shape index (κ2) is 6.00. The van der Waals surface area contributed by atoms with Crippen LogP contribution in [0.1, 0.15) is 5.56 Å². The minimum atomic E-state index is -0.352. The quantitative estimate of drug-likeness (QED) is 0.537. The van der Waals surface area contributed by atoms with Crippen LogP contribution in [0.2, 0.25) is 0 Å². The van der Waals surface area contributed by atoms with Crippen LogP contribution in [0, 0.1) is 10.6 Å². The molecule has 2 heterocycles. The molecule has 0 aliphatic carbocycles. The van der Waals surface area contributed by atoms with Gasteiger partial charge in [0.1, 0.15) is 5.82 Å². The summed E-state index contributed by atoms with van der Waals surface area (Å²) >= 11 is 9.98. The Morgan fingerprint density at radius 1 is 1.43 bits per heavy atom. The molecule has 0 atom stereocenters. The van der Waals surface area contributed by atoms with Gasteiger partial charge in [0.15, 0.2) is 5.82 Å². The minimum absolute atomic E-state index is 0.352. The smallest absolute Gasteiger partial charge is 0.216 e. The van der Waals surface area contributed by atoms with Gasteiger partial charge in [-0.2, -0.15) is 14.9 Å². The Hall–Kier alpha value is -1.64. The summed E-state index contributed by atoms with van der Waals surface area (Å²) in [6.45, 7) is 0. The van der Waals surface area contributed by atoms with Crippen LogP contribution in [-0.2, 0) is 0 Å². The van der Waals surface area contributed by atoms with E-state index < -0.39 is 0 Å². The maximum Gasteiger partial charge on any atom is 0.216 e. The van der Waals surface area contributed by atoms with E-state index in [1.807, 2.05) is 17.5 Å². The fourth-order valence-corrected chi connectivity index (χ4v) is 2.95. The first-order chi connectivity index (χ1) is 10.1. The Kier molecular flexibility index (Phi) is 4.09. The third-order valence-corrected chi connectivity index (χ3v) is 4.29. The molecule has 4 nitrogen and oxygen atoms in total. The van der Waals surface area contributed by atoms with Crippen molar-refractivity contribution < 1.29 is 4.39 Å². The Labute approximate surface area is 137 Å². The van der Waals surface area contributed by atoms with E-state index in [0.29, 0.717) is 16.2 Å². The third-order valence-electron chi connectivity index (χ3n) is 2.66. The number of H-pyrrole nitrogens is 1. The molecule has 3 rings (SSSR count). The fourth-order valence-electron chi connectivity index (χ4n) is 1.70. The average molecular weight is 383 g/mol. The molecule has 0 radical (unpaired) electrons. The molecule has 0 aliphatic rings. The van der Waals surface area contributed by atoms with Gasteiger partial charge in [0, 0.05) is 10.0 Å². The van der Waals surface area contributed by atoms with E-state index in [2.05, 4.69) is 31.2 Å². The van der Waals surface area contributed by atoms with Gasteiger partial charge in [0.25, 0.3) is 0 Å². The number of rotatable bonds is 3. The average Bonchev–Trinajstić information content (AvgIpc) is 3.09. The van der Waals surface area contributed by atoms with Gasteiger partial charge in [-0.3, -0.25) is 0 Å². The van der Waals surface area contributed by atoms with Crippen molar-refractivity contribution in [1.82, 2.24) is 14.9 Å². The highest BCUT2D eigenvalue weighted by atomic mass is 79.9. The minimum Gasteiger partial charge on any atom is -0.250 e. The van der Waals surface area contributed by atoms with E-state index in [1.165, 1.54) is 28.3 Å². The van der Waals surface area contributed by atoms with Crippen LogP contribution in [-0.4, -0.2) is 21.1 Å². The Morgan fingerprint density at radius 2 is 2.29 bits per heavy atom. The third kappa shape index (κ3) is 3.02. The lowest BCUT2D eigenvalue weighted by Crippen LogP contribution is -1.95. The topological polar surface area (TPSA) is 46.0 Å². The number of hydrogen-bond donors (Lipinski definition) is 1. The molecule has 3 aromatic rings. The molecule has 0 aliphatic heterocycles. The Morgan fingerprint density at radius 3 is 3.05 bits per heavy atom. The lowest BCUT2D eigenvalue weighted by atomic mass is 10.2. The van der Waals surface area contributed by atoms with Gasteiger partial charge in [-0.25, -0.2) is 9.49 Å². The SMILES string of the molecule is Fc1ccc(Br)cc1C=Nn1c(-c2cccs2)n[nH]c1=S. The molecule has 0 bridgehead atoms. The molecule has 21 heavy (non-hydrogen) atoms. The fraction of sp³-hybridized carbons (Fsp3) is 0. The zero-order chi connectivity index (χ0) is 14.8. The molecule has 0 amide bonds. The number of benzene rings is 1. The van der Waals surface area contributed by atoms with E-state index >= 15 is 0 Å². The van der Waals surface area contributed by atoms with Crippen LogP contribution in [0.3, 0.4) is 0 Å². The van der Waals surface area contributed by atoms with Crippen LogP contribution in [0.15, 0.2) is 45.3 Å². The zero-order valence-electron chi connectivity index (χ0n) is 10.5. The highest BCUT2D eigenvalue weighted by Gasteiger charge is 2.09. The molecule has 0 unspecified atom stereocenters. The molecule has 0 fully saturated rings. The predicted molar refractivity (Wildman–Crippen MR) is 87.8 cm³/mol. The lowest BCUT2D eigenvalue weighted by Gasteiger charge is -1.99. The normalized spacial score (nSPS) is 11.3. The Bertz CT molecular complexity index is 851. The van der Waals surface area contributed by atoms with Crippen molar-refractivity contribution in [2.24, 2.45) is 5.10 Å². The van der Waals surface area contributed by atoms with E-state index in [-0.39, 0.29) is 5.82 Å². The van der Waals surface area contributed by atoms with Gasteiger partial charge in [-0.15, -0.1) is 11.3 Å². The van der Waals surface area contributed by atoms with Crippen molar-refractivity contribution in [2.45, 2.75) is 0 Å². The van der Waals surface area contributed by atoms with Crippen molar-refractivity contribution in [3.63, 3.8) is 0 Å². The van der Waals surface area contributed by atoms with Crippen LogP contribution >= 0.6 is 39.5 Å². The molecule has 0 saturated carbocycles. The van der Waals surface area contributed by atoms with Crippen molar-refractivity contribution >= 4 is 45.7 Å². The van der Waals surface area contributed by atoms with Crippen molar-refractivity contribution in [3.05, 3.63) is 56.3 Å². The van der Waals surface area contributed by atoms with E-state index in [9.17, 15) is 4.39 Å². The van der Waals surface area contributed by atoms with E-state index in [1.54, 1.807) is 12.1 Å². The molecule has 106 valence electrons. The molecule has 2 aromatic heterocycles. The van der Waals surface area contributed by atoms with Crippen LogP contribution in [0.25, 0.3) is 10.7 Å². The molecule has 1 aromatic carbocycles. The van der Waals surface area contributed by atoms with Gasteiger partial charge < -0.3 is 0 Å². The van der Waals surface area contributed by atoms with Crippen LogP contribution in [0.4, 0.5) is 4.39 Å². The van der Waals surface area contributed by atoms with E-state index in [4.69, 9.17) is 12.2 Å². The van der Waals surface area contributed by atoms with Crippen LogP contribution in [0.5, 0.6) is 0 Å². The van der Waals surface area contributed by atoms with Gasteiger partial charge in [-0.1, -0.05) is 22.0 Å². The first-order valence-corrected chi connectivity index (χ1v) is 7.94. The van der Waals surface area contributed by atoms with Crippen LogP contribution < -0.4 is 0 Å². The molecule has 1 N–H and O–H groups in total. The molecule has 0 saturated heterocycles. The second-order valence-corrected chi connectivity index (χ2v) is 6.30. The number of halogens is 2. The van der Waals surface area contributed by atoms with Gasteiger partial charge in [-0.05, 0) is 41.9 Å². The first-order valence-electron chi connectivity index (χ1n) is 5.86. The second-order valence-electron chi connectivity index (χ2n) is 4.05. The highest BCUT2D eigenvalue weighted by molar-refractivity contribution is 9.10. The predicted octanol–water partition coefficient (Wildman–Crippen LogP) is 4.45. The standard InChI is InChI=1S/C13H8BrFN4S2/c14-9-3-4-10(15)8(6-9)7-16-19-12(17-18-13(19)20)11-2-1-5-21-11/h1-7H,(H,18,20). The summed E-state index contributed by atoms with van der Waals surface area (Å²) in [6.07, 6.45) is 1.42. The summed E-state index contributed by atoms with van der Waals surface area (Å²) in [7, 11) is 0. The van der Waals surface area contributed by atoms with Crippen molar-refractivity contribution in [2.75, 3.05) is 0 Å². The molecule has 0 spiro atoms. The molecule has 8 heteroatoms. The summed E-state index contributed by atoms with van der Waals surface area (Å²) in [6, 6.07) is 8.49. The number of thiophene rings is 1. The van der Waals surface area contributed by atoms with Crippen molar-refractivity contribution in [3.8, 4) is 10.7 Å². The number of nitrogens with one attached hydrogen (secondary N) is 1. The zero-order valence-corrected chi connectivity index (χ0v) is 13.7.